The molecule has 1 aromatic rings. The van der Waals surface area contributed by atoms with E-state index in [9.17, 15) is 9.90 Å². The van der Waals surface area contributed by atoms with Crippen LogP contribution >= 0.6 is 0 Å². The molecule has 19 heavy (non-hydrogen) atoms. The van der Waals surface area contributed by atoms with Gasteiger partial charge in [0.2, 0.25) is 5.91 Å². The van der Waals surface area contributed by atoms with Crippen LogP contribution in [-0.4, -0.2) is 37.4 Å². The number of benzene rings is 1. The van der Waals surface area contributed by atoms with Gasteiger partial charge in [-0.05, 0) is 18.9 Å². The van der Waals surface area contributed by atoms with Crippen LogP contribution in [0.25, 0.3) is 0 Å². The van der Waals surface area contributed by atoms with E-state index >= 15 is 0 Å². The summed E-state index contributed by atoms with van der Waals surface area (Å²) in [6, 6.07) is 5.36. The van der Waals surface area contributed by atoms with Gasteiger partial charge in [-0.2, -0.15) is 0 Å². The standard InChI is InChI=1S/C14H19NO4/c1-18-11-4-3-10(12(8-11)19-2)7-13(17)15-14(9-16)5-6-14/h3-4,8,16H,5-7,9H2,1-2H3,(H,15,17). The molecule has 5 heteroatoms. The quantitative estimate of drug-likeness (QED) is 0.801. The second-order valence-corrected chi connectivity index (χ2v) is 4.84. The second kappa shape index (κ2) is 5.48. The molecular formula is C14H19NO4. The summed E-state index contributed by atoms with van der Waals surface area (Å²) in [7, 11) is 3.14. The molecular weight excluding hydrogens is 246 g/mol. The molecule has 5 nitrogen and oxygen atoms in total. The summed E-state index contributed by atoms with van der Waals surface area (Å²) in [4.78, 5) is 11.9. The fourth-order valence-electron chi connectivity index (χ4n) is 1.98. The van der Waals surface area contributed by atoms with Crippen LogP contribution in [0.1, 0.15) is 18.4 Å². The van der Waals surface area contributed by atoms with E-state index in [1.54, 1.807) is 26.4 Å². The van der Waals surface area contributed by atoms with Crippen LogP contribution in [0.15, 0.2) is 18.2 Å². The van der Waals surface area contributed by atoms with Gasteiger partial charge in [0, 0.05) is 11.6 Å². The van der Waals surface area contributed by atoms with E-state index in [1.807, 2.05) is 6.07 Å². The third-order valence-electron chi connectivity index (χ3n) is 3.41. The minimum absolute atomic E-state index is 0.00150. The highest BCUT2D eigenvalue weighted by Crippen LogP contribution is 2.34. The number of aliphatic hydroxyl groups excluding tert-OH is 1. The molecule has 1 aliphatic rings. The summed E-state index contributed by atoms with van der Waals surface area (Å²) in [6.07, 6.45) is 1.92. The Balaban J connectivity index is 2.04. The Morgan fingerprint density at radius 3 is 2.63 bits per heavy atom. The number of hydrogen-bond acceptors (Lipinski definition) is 4. The zero-order valence-electron chi connectivity index (χ0n) is 11.2. The molecule has 0 bridgehead atoms. The van der Waals surface area contributed by atoms with Gasteiger partial charge < -0.3 is 19.9 Å². The van der Waals surface area contributed by atoms with Crippen molar-refractivity contribution in [3.8, 4) is 11.5 Å². The Hall–Kier alpha value is -1.75. The predicted octanol–water partition coefficient (Wildman–Crippen LogP) is 0.887. The zero-order valence-corrected chi connectivity index (χ0v) is 11.2. The molecule has 2 N–H and O–H groups in total. The van der Waals surface area contributed by atoms with Gasteiger partial charge in [0.05, 0.1) is 32.8 Å². The summed E-state index contributed by atoms with van der Waals surface area (Å²) in [5.74, 6) is 1.22. The molecule has 1 aliphatic carbocycles. The summed E-state index contributed by atoms with van der Waals surface area (Å²) in [5, 5.41) is 12.1. The second-order valence-electron chi connectivity index (χ2n) is 4.84. The van der Waals surface area contributed by atoms with E-state index in [0.717, 1.165) is 18.4 Å². The number of hydrogen-bond donors (Lipinski definition) is 2. The van der Waals surface area contributed by atoms with Crippen LogP contribution in [0.3, 0.4) is 0 Å². The molecule has 0 atom stereocenters. The largest absolute Gasteiger partial charge is 0.497 e. The number of amides is 1. The summed E-state index contributed by atoms with van der Waals surface area (Å²) >= 11 is 0. The van der Waals surface area contributed by atoms with Crippen LogP contribution in [0.4, 0.5) is 0 Å². The highest BCUT2D eigenvalue weighted by molar-refractivity contribution is 5.80. The van der Waals surface area contributed by atoms with E-state index in [2.05, 4.69) is 5.32 Å². The minimum Gasteiger partial charge on any atom is -0.497 e. The van der Waals surface area contributed by atoms with E-state index in [-0.39, 0.29) is 24.5 Å². The number of rotatable bonds is 6. The Morgan fingerprint density at radius 1 is 1.37 bits per heavy atom. The van der Waals surface area contributed by atoms with Crippen molar-refractivity contribution in [1.82, 2.24) is 5.32 Å². The number of nitrogens with one attached hydrogen (secondary N) is 1. The monoisotopic (exact) mass is 265 g/mol. The number of carbonyl (C=O) groups excluding carboxylic acids is 1. The smallest absolute Gasteiger partial charge is 0.225 e. The van der Waals surface area contributed by atoms with Crippen LogP contribution in [0.5, 0.6) is 11.5 Å². The molecule has 2 rings (SSSR count). The first kappa shape index (κ1) is 13.7. The van der Waals surface area contributed by atoms with Crippen molar-refractivity contribution in [2.45, 2.75) is 24.8 Å². The average Bonchev–Trinajstić information content (AvgIpc) is 3.19. The first-order valence-corrected chi connectivity index (χ1v) is 6.25. The first-order valence-electron chi connectivity index (χ1n) is 6.25. The third kappa shape index (κ3) is 3.17. The molecule has 0 radical (unpaired) electrons. The fourth-order valence-corrected chi connectivity index (χ4v) is 1.98. The Labute approximate surface area is 112 Å². The van der Waals surface area contributed by atoms with Crippen molar-refractivity contribution < 1.29 is 19.4 Å². The number of ether oxygens (including phenoxy) is 2. The van der Waals surface area contributed by atoms with Crippen molar-refractivity contribution in [1.29, 1.82) is 0 Å². The molecule has 0 heterocycles. The topological polar surface area (TPSA) is 67.8 Å². The van der Waals surface area contributed by atoms with Gasteiger partial charge in [-0.1, -0.05) is 6.07 Å². The maximum Gasteiger partial charge on any atom is 0.225 e. The average molecular weight is 265 g/mol. The number of methoxy groups -OCH3 is 2. The van der Waals surface area contributed by atoms with Gasteiger partial charge in [-0.3, -0.25) is 4.79 Å². The highest BCUT2D eigenvalue weighted by Gasteiger charge is 2.43. The van der Waals surface area contributed by atoms with E-state index in [0.29, 0.717) is 11.5 Å². The van der Waals surface area contributed by atoms with Crippen molar-refractivity contribution >= 4 is 5.91 Å². The van der Waals surface area contributed by atoms with Gasteiger partial charge in [0.25, 0.3) is 0 Å². The molecule has 1 amide bonds. The molecule has 0 unspecified atom stereocenters. The summed E-state index contributed by atoms with van der Waals surface area (Å²) in [5.41, 5.74) is 0.422. The molecule has 0 spiro atoms. The molecule has 0 aliphatic heterocycles. The van der Waals surface area contributed by atoms with Crippen molar-refractivity contribution in [3.05, 3.63) is 23.8 Å². The minimum atomic E-state index is -0.378. The molecule has 1 aromatic carbocycles. The Kier molecular flexibility index (Phi) is 3.95. The van der Waals surface area contributed by atoms with Gasteiger partial charge in [0.15, 0.2) is 0 Å². The van der Waals surface area contributed by atoms with E-state index < -0.39 is 0 Å². The van der Waals surface area contributed by atoms with Crippen LogP contribution in [-0.2, 0) is 11.2 Å². The highest BCUT2D eigenvalue weighted by atomic mass is 16.5. The van der Waals surface area contributed by atoms with Crippen molar-refractivity contribution in [2.75, 3.05) is 20.8 Å². The van der Waals surface area contributed by atoms with Crippen molar-refractivity contribution in [3.63, 3.8) is 0 Å². The van der Waals surface area contributed by atoms with Gasteiger partial charge in [-0.15, -0.1) is 0 Å². The molecule has 0 saturated heterocycles. The van der Waals surface area contributed by atoms with E-state index in [1.165, 1.54) is 0 Å². The maximum absolute atomic E-state index is 11.9. The van der Waals surface area contributed by atoms with Crippen LogP contribution < -0.4 is 14.8 Å². The zero-order chi connectivity index (χ0) is 13.9. The third-order valence-corrected chi connectivity index (χ3v) is 3.41. The van der Waals surface area contributed by atoms with E-state index in [4.69, 9.17) is 9.47 Å². The maximum atomic E-state index is 11.9. The first-order chi connectivity index (χ1) is 9.12. The van der Waals surface area contributed by atoms with Gasteiger partial charge in [-0.25, -0.2) is 0 Å². The SMILES string of the molecule is COc1ccc(CC(=O)NC2(CO)CC2)c(OC)c1. The Morgan fingerprint density at radius 2 is 2.11 bits per heavy atom. The van der Waals surface area contributed by atoms with Crippen LogP contribution in [0, 0.1) is 0 Å². The lowest BCUT2D eigenvalue weighted by molar-refractivity contribution is -0.121. The molecule has 1 fully saturated rings. The van der Waals surface area contributed by atoms with Crippen LogP contribution in [0.2, 0.25) is 0 Å². The number of carbonyl (C=O) groups is 1. The van der Waals surface area contributed by atoms with Gasteiger partial charge in [0.1, 0.15) is 11.5 Å². The normalized spacial score (nSPS) is 15.7. The lowest BCUT2D eigenvalue weighted by Crippen LogP contribution is -2.40. The van der Waals surface area contributed by atoms with Crippen molar-refractivity contribution in [2.24, 2.45) is 0 Å². The summed E-state index contributed by atoms with van der Waals surface area (Å²) < 4.78 is 10.4. The molecule has 1 saturated carbocycles. The lowest BCUT2D eigenvalue weighted by Gasteiger charge is -2.15. The molecule has 0 aromatic heterocycles. The predicted molar refractivity (Wildman–Crippen MR) is 70.4 cm³/mol. The summed E-state index contributed by atoms with van der Waals surface area (Å²) in [6.45, 7) is -0.00150. The molecule has 104 valence electrons. The Bertz CT molecular complexity index is 469. The van der Waals surface area contributed by atoms with Gasteiger partial charge >= 0.3 is 0 Å². The lowest BCUT2D eigenvalue weighted by atomic mass is 10.1. The fraction of sp³-hybridized carbons (Fsp3) is 0.500. The number of aliphatic hydroxyl groups is 1.